The number of hydrogen-bond acceptors (Lipinski definition) is 10. The number of rotatable bonds is 18. The second-order valence-corrected chi connectivity index (χ2v) is 16.5. The summed E-state index contributed by atoms with van der Waals surface area (Å²) in [6.07, 6.45) is 26.3. The molecule has 0 aromatic heterocycles. The minimum atomic E-state index is -0.882. The lowest BCUT2D eigenvalue weighted by molar-refractivity contribution is -0.158. The molecule has 0 heterocycles. The second-order valence-electron chi connectivity index (χ2n) is 16.5. The molecule has 0 aliphatic heterocycles. The quantitative estimate of drug-likeness (QED) is 0.0743. The van der Waals surface area contributed by atoms with E-state index in [0.717, 1.165) is 33.4 Å². The summed E-state index contributed by atoms with van der Waals surface area (Å²) in [5, 5.41) is 0. The van der Waals surface area contributed by atoms with Crippen LogP contribution in [0.15, 0.2) is 130 Å². The molecule has 0 aromatic carbocycles. The average molecular weight is 855 g/mol. The lowest BCUT2D eigenvalue weighted by Crippen LogP contribution is -2.39. The van der Waals surface area contributed by atoms with Crippen LogP contribution in [0.3, 0.4) is 0 Å². The zero-order valence-electron chi connectivity index (χ0n) is 39.6. The highest BCUT2D eigenvalue weighted by molar-refractivity contribution is 6.02. The maximum Gasteiger partial charge on any atom is 0.307 e. The van der Waals surface area contributed by atoms with E-state index in [1.807, 2.05) is 154 Å². The van der Waals surface area contributed by atoms with Crippen LogP contribution in [-0.4, -0.2) is 61.9 Å². The van der Waals surface area contributed by atoms with Gasteiger partial charge in [0.05, 0.1) is 39.9 Å². The van der Waals surface area contributed by atoms with Gasteiger partial charge in [0.1, 0.15) is 0 Å². The molecule has 2 unspecified atom stereocenters. The van der Waals surface area contributed by atoms with Crippen molar-refractivity contribution in [3.05, 3.63) is 130 Å². The van der Waals surface area contributed by atoms with Crippen LogP contribution in [0.25, 0.3) is 0 Å². The normalized spacial score (nSPS) is 20.1. The Labute approximate surface area is 370 Å². The van der Waals surface area contributed by atoms with Crippen LogP contribution in [0.5, 0.6) is 0 Å². The maximum atomic E-state index is 13.1. The average Bonchev–Trinajstić information content (AvgIpc) is 3.21. The first-order chi connectivity index (χ1) is 29.1. The van der Waals surface area contributed by atoms with Gasteiger partial charge >= 0.3 is 23.9 Å². The summed E-state index contributed by atoms with van der Waals surface area (Å²) in [5.41, 5.74) is 6.24. The van der Waals surface area contributed by atoms with E-state index < -0.39 is 46.9 Å². The fraction of sp³-hybridized carbons (Fsp3) is 0.462. The number of allylic oxidation sites excluding steroid dienone is 20. The van der Waals surface area contributed by atoms with Crippen molar-refractivity contribution in [1.82, 2.24) is 0 Å². The summed E-state index contributed by atoms with van der Waals surface area (Å²) in [5.74, 6) is -2.65. The topological polar surface area (TPSA) is 139 Å². The van der Waals surface area contributed by atoms with Gasteiger partial charge in [-0.05, 0) is 74.7 Å². The molecular formula is C52H70O10. The van der Waals surface area contributed by atoms with E-state index >= 15 is 0 Å². The summed E-state index contributed by atoms with van der Waals surface area (Å²) in [4.78, 5) is 73.4. The van der Waals surface area contributed by atoms with E-state index in [4.69, 9.17) is 9.47 Å². The van der Waals surface area contributed by atoms with Gasteiger partial charge in [-0.2, -0.15) is 0 Å². The van der Waals surface area contributed by atoms with Crippen LogP contribution < -0.4 is 0 Å². The molecule has 0 amide bonds. The zero-order chi connectivity index (χ0) is 47.2. The lowest BCUT2D eigenvalue weighted by Gasteiger charge is -2.36. The Morgan fingerprint density at radius 1 is 0.516 bits per heavy atom. The van der Waals surface area contributed by atoms with E-state index in [-0.39, 0.29) is 37.2 Å². The predicted molar refractivity (Wildman–Crippen MR) is 247 cm³/mol. The minimum Gasteiger partial charge on any atom is -0.469 e. The van der Waals surface area contributed by atoms with Gasteiger partial charge in [0.2, 0.25) is 0 Å². The van der Waals surface area contributed by atoms with E-state index in [1.54, 1.807) is 13.8 Å². The third-order valence-corrected chi connectivity index (χ3v) is 10.3. The van der Waals surface area contributed by atoms with Gasteiger partial charge in [-0.3, -0.25) is 28.8 Å². The molecule has 0 bridgehead atoms. The number of carbonyl (C=O) groups is 6. The summed E-state index contributed by atoms with van der Waals surface area (Å²) < 4.78 is 20.1. The molecule has 10 heteroatoms. The number of esters is 4. The monoisotopic (exact) mass is 854 g/mol. The number of ether oxygens (including phenoxy) is 4. The molecule has 62 heavy (non-hydrogen) atoms. The first-order valence-electron chi connectivity index (χ1n) is 21.2. The largest absolute Gasteiger partial charge is 0.469 e. The number of methoxy groups -OCH3 is 2. The van der Waals surface area contributed by atoms with Gasteiger partial charge in [0.15, 0.2) is 23.8 Å². The number of ketones is 2. The Balaban J connectivity index is 0.00000946. The predicted octanol–water partition coefficient (Wildman–Crippen LogP) is 10.9. The summed E-state index contributed by atoms with van der Waals surface area (Å²) >= 11 is 0. The standard InChI is InChI=1S/C50H64O10.C2H6/c1-33(19-15-21-35(3)23-25-39-37(5)47(55)41(31-49(39,7)8)59-45(53)29-27-43(51)57-11)17-13-14-18-34(2)20-16-22-36(4)24-26-40-38(6)48(56)42(32-50(40,9)10)60-46(54)30-28-44(52)58-12;1-2/h13-26,41-42H,27-32H2,1-12H3;1-2H3/b14-13+,19-15+,20-16+,25-23+,26-24+,33-17+,34-18+,35-21+,36-22+;. The van der Waals surface area contributed by atoms with Crippen LogP contribution in [-0.2, 0) is 47.7 Å². The van der Waals surface area contributed by atoms with Crippen molar-refractivity contribution in [2.75, 3.05) is 14.2 Å². The van der Waals surface area contributed by atoms with Crippen molar-refractivity contribution in [3.63, 3.8) is 0 Å². The first kappa shape index (κ1) is 54.4. The van der Waals surface area contributed by atoms with Gasteiger partial charge in [0.25, 0.3) is 0 Å². The maximum absolute atomic E-state index is 13.1. The van der Waals surface area contributed by atoms with Gasteiger partial charge in [-0.1, -0.05) is 149 Å². The molecule has 0 N–H and O–H groups in total. The molecule has 0 saturated heterocycles. The van der Waals surface area contributed by atoms with Gasteiger partial charge in [-0.15, -0.1) is 0 Å². The van der Waals surface area contributed by atoms with Crippen molar-refractivity contribution in [2.24, 2.45) is 10.8 Å². The molecule has 0 saturated carbocycles. The van der Waals surface area contributed by atoms with Crippen LogP contribution in [0, 0.1) is 10.8 Å². The molecule has 0 radical (unpaired) electrons. The fourth-order valence-corrected chi connectivity index (χ4v) is 6.80. The molecule has 338 valence electrons. The van der Waals surface area contributed by atoms with E-state index in [0.29, 0.717) is 24.0 Å². The Morgan fingerprint density at radius 3 is 1.13 bits per heavy atom. The van der Waals surface area contributed by atoms with E-state index in [2.05, 4.69) is 9.47 Å². The molecular weight excluding hydrogens is 785 g/mol. The molecule has 2 atom stereocenters. The molecule has 2 rings (SSSR count). The van der Waals surface area contributed by atoms with Crippen LogP contribution in [0.4, 0.5) is 0 Å². The van der Waals surface area contributed by atoms with Crippen molar-refractivity contribution >= 4 is 35.4 Å². The summed E-state index contributed by atoms with van der Waals surface area (Å²) in [6, 6.07) is 0. The van der Waals surface area contributed by atoms with Crippen LogP contribution in [0.1, 0.15) is 122 Å². The highest BCUT2D eigenvalue weighted by atomic mass is 16.6. The molecule has 2 aliphatic rings. The number of hydrogen-bond donors (Lipinski definition) is 0. The van der Waals surface area contributed by atoms with Crippen LogP contribution >= 0.6 is 0 Å². The van der Waals surface area contributed by atoms with Gasteiger partial charge in [0, 0.05) is 12.8 Å². The van der Waals surface area contributed by atoms with Gasteiger partial charge in [-0.25, -0.2) is 0 Å². The Hall–Kier alpha value is -5.64. The Kier molecular flexibility index (Phi) is 23.4. The molecule has 0 aromatic rings. The van der Waals surface area contributed by atoms with Crippen LogP contribution in [0.2, 0.25) is 0 Å². The fourth-order valence-electron chi connectivity index (χ4n) is 6.80. The van der Waals surface area contributed by atoms with E-state index in [9.17, 15) is 28.8 Å². The lowest BCUT2D eigenvalue weighted by atomic mass is 9.71. The Bertz CT molecular complexity index is 1850. The number of Topliss-reactive ketones (excluding diaryl/α,β-unsaturated/α-hetero) is 2. The molecule has 0 spiro atoms. The summed E-state index contributed by atoms with van der Waals surface area (Å²) in [7, 11) is 2.51. The van der Waals surface area contributed by atoms with Crippen molar-refractivity contribution in [3.8, 4) is 0 Å². The SMILES string of the molecule is CC.COC(=O)CCC(=O)OC1CC(C)(C)C(/C=C/C(C)=C/C=C/C(C)=C/C=C/C=C(C)/C=C/C=C(C)/C=C/C2=C(C)C(=O)C(OC(=O)CCC(=O)OC)CC2(C)C)=C(C)C1=O. The third kappa shape index (κ3) is 18.5. The molecule has 2 aliphatic carbocycles. The third-order valence-electron chi connectivity index (χ3n) is 10.3. The first-order valence-corrected chi connectivity index (χ1v) is 21.2. The highest BCUT2D eigenvalue weighted by Gasteiger charge is 2.41. The molecule has 10 nitrogen and oxygen atoms in total. The highest BCUT2D eigenvalue weighted by Crippen LogP contribution is 2.42. The van der Waals surface area contributed by atoms with E-state index in [1.165, 1.54) is 14.2 Å². The van der Waals surface area contributed by atoms with Gasteiger partial charge < -0.3 is 18.9 Å². The zero-order valence-corrected chi connectivity index (χ0v) is 39.6. The Morgan fingerprint density at radius 2 is 0.806 bits per heavy atom. The van der Waals surface area contributed by atoms with Crippen molar-refractivity contribution < 1.29 is 47.7 Å². The minimum absolute atomic E-state index is 0.0913. The van der Waals surface area contributed by atoms with Crippen molar-refractivity contribution in [1.29, 1.82) is 0 Å². The number of carbonyl (C=O) groups excluding carboxylic acids is 6. The summed E-state index contributed by atoms with van der Waals surface area (Å²) in [6.45, 7) is 23.6. The molecule has 0 fully saturated rings. The second kappa shape index (κ2) is 26.6. The van der Waals surface area contributed by atoms with Crippen molar-refractivity contribution in [2.45, 2.75) is 134 Å². The smallest absolute Gasteiger partial charge is 0.307 e.